The molecule has 3 heterocycles. The maximum Gasteiger partial charge on any atom is 0.335 e. The number of imidazole rings is 1. The van der Waals surface area contributed by atoms with Crippen molar-refractivity contribution in [1.82, 2.24) is 14.5 Å². The fourth-order valence-electron chi connectivity index (χ4n) is 5.60. The number of nitriles is 1. The van der Waals surface area contributed by atoms with Gasteiger partial charge in [0.1, 0.15) is 41.8 Å². The Labute approximate surface area is 260 Å². The maximum absolute atomic E-state index is 15.6. The summed E-state index contributed by atoms with van der Waals surface area (Å²) in [5.41, 5.74) is 0.146. The van der Waals surface area contributed by atoms with E-state index < -0.39 is 41.4 Å². The van der Waals surface area contributed by atoms with Crippen molar-refractivity contribution in [3.05, 3.63) is 112 Å². The van der Waals surface area contributed by atoms with Crippen LogP contribution < -0.4 is 4.74 Å². The lowest BCUT2D eigenvalue weighted by atomic mass is 9.87. The molecule has 0 spiro atoms. The number of fused-ring (bicyclic) bond motifs is 1. The van der Waals surface area contributed by atoms with Crippen LogP contribution in [0.1, 0.15) is 52.8 Å². The minimum Gasteiger partial charge on any atom is -0.478 e. The summed E-state index contributed by atoms with van der Waals surface area (Å²) in [6.45, 7) is 4.41. The number of hydrogen-bond donors (Lipinski definition) is 1. The van der Waals surface area contributed by atoms with Crippen LogP contribution in [0, 0.1) is 40.0 Å². The molecule has 1 unspecified atom stereocenters. The highest BCUT2D eigenvalue weighted by Gasteiger charge is 2.39. The van der Waals surface area contributed by atoms with Crippen molar-refractivity contribution in [1.29, 1.82) is 5.26 Å². The number of aromatic carboxylic acids is 1. The molecule has 1 atom stereocenters. The lowest BCUT2D eigenvalue weighted by Gasteiger charge is -2.28. The smallest absolute Gasteiger partial charge is 0.335 e. The van der Waals surface area contributed by atoms with Crippen molar-refractivity contribution in [2.75, 3.05) is 13.2 Å². The van der Waals surface area contributed by atoms with Crippen molar-refractivity contribution in [2.45, 2.75) is 32.9 Å². The van der Waals surface area contributed by atoms with Crippen molar-refractivity contribution in [3.8, 4) is 23.2 Å². The predicted molar refractivity (Wildman–Crippen MR) is 158 cm³/mol. The number of nitrogens with zero attached hydrogens (tertiary/aromatic N) is 4. The van der Waals surface area contributed by atoms with Crippen LogP contribution in [0.4, 0.5) is 17.6 Å². The van der Waals surface area contributed by atoms with Gasteiger partial charge >= 0.3 is 5.97 Å². The van der Waals surface area contributed by atoms with E-state index in [1.54, 1.807) is 12.1 Å². The zero-order valence-corrected chi connectivity index (χ0v) is 24.7. The van der Waals surface area contributed by atoms with E-state index in [0.29, 0.717) is 30.1 Å². The van der Waals surface area contributed by atoms with Gasteiger partial charge in [-0.3, -0.25) is 0 Å². The third-order valence-electron chi connectivity index (χ3n) is 8.09. The Morgan fingerprint density at radius 3 is 2.50 bits per heavy atom. The van der Waals surface area contributed by atoms with E-state index in [-0.39, 0.29) is 51.7 Å². The second-order valence-electron chi connectivity index (χ2n) is 11.7. The monoisotopic (exact) mass is 630 g/mol. The van der Waals surface area contributed by atoms with E-state index in [9.17, 15) is 18.7 Å². The van der Waals surface area contributed by atoms with Crippen molar-refractivity contribution < 1.29 is 36.9 Å². The second kappa shape index (κ2) is 11.9. The SMILES string of the molecule is CC1(C)COCC1n1c(Cc2cc(F)c(-c3cccc(OCc4cc(F)c(C#N)cc4F)n3)cc2F)nc2ccc(C(=O)O)cc21. The van der Waals surface area contributed by atoms with Gasteiger partial charge in [0.25, 0.3) is 0 Å². The van der Waals surface area contributed by atoms with Gasteiger partial charge in [-0.15, -0.1) is 0 Å². The summed E-state index contributed by atoms with van der Waals surface area (Å²) in [6.07, 6.45) is -0.0873. The predicted octanol–water partition coefficient (Wildman–Crippen LogP) is 6.99. The van der Waals surface area contributed by atoms with E-state index in [1.165, 1.54) is 30.3 Å². The molecule has 2 aromatic heterocycles. The number of carboxylic acids is 1. The topological polar surface area (TPSA) is 110 Å². The second-order valence-corrected chi connectivity index (χ2v) is 11.7. The molecule has 1 aliphatic heterocycles. The summed E-state index contributed by atoms with van der Waals surface area (Å²) in [6, 6.07) is 14.0. The van der Waals surface area contributed by atoms with Gasteiger partial charge < -0.3 is 19.1 Å². The molecule has 1 aliphatic rings. The average Bonchev–Trinajstić information content (AvgIpc) is 3.55. The summed E-state index contributed by atoms with van der Waals surface area (Å²) in [7, 11) is 0. The van der Waals surface area contributed by atoms with E-state index >= 15 is 8.78 Å². The number of benzene rings is 3. The molecule has 0 bridgehead atoms. The van der Waals surface area contributed by atoms with Crippen molar-refractivity contribution in [3.63, 3.8) is 0 Å². The number of ether oxygens (including phenoxy) is 2. The molecule has 1 fully saturated rings. The summed E-state index contributed by atoms with van der Waals surface area (Å²) in [4.78, 5) is 20.6. The number of aromatic nitrogens is 3. The molecule has 5 aromatic rings. The Bertz CT molecular complexity index is 2050. The number of rotatable bonds is 8. The largest absolute Gasteiger partial charge is 0.478 e. The molecule has 0 aliphatic carbocycles. The summed E-state index contributed by atoms with van der Waals surface area (Å²) in [5.74, 6) is -3.93. The first-order valence-corrected chi connectivity index (χ1v) is 14.2. The molecule has 234 valence electrons. The first kappa shape index (κ1) is 30.7. The third kappa shape index (κ3) is 5.77. The Hall–Kier alpha value is -5.28. The molecule has 1 saturated heterocycles. The van der Waals surface area contributed by atoms with Gasteiger partial charge in [0.05, 0.1) is 47.1 Å². The van der Waals surface area contributed by atoms with Gasteiger partial charge in [0, 0.05) is 29.0 Å². The van der Waals surface area contributed by atoms with Gasteiger partial charge in [-0.25, -0.2) is 32.3 Å². The zero-order valence-electron chi connectivity index (χ0n) is 24.7. The van der Waals surface area contributed by atoms with Gasteiger partial charge in [0.15, 0.2) is 0 Å². The highest BCUT2D eigenvalue weighted by atomic mass is 19.1. The molecule has 1 N–H and O–H groups in total. The van der Waals surface area contributed by atoms with Gasteiger partial charge in [-0.2, -0.15) is 5.26 Å². The fourth-order valence-corrected chi connectivity index (χ4v) is 5.60. The Morgan fingerprint density at radius 1 is 1.02 bits per heavy atom. The van der Waals surface area contributed by atoms with Crippen LogP contribution in [0.5, 0.6) is 5.88 Å². The van der Waals surface area contributed by atoms with E-state index in [1.807, 2.05) is 18.4 Å². The highest BCUT2D eigenvalue weighted by molar-refractivity contribution is 5.92. The lowest BCUT2D eigenvalue weighted by molar-refractivity contribution is 0.0697. The van der Waals surface area contributed by atoms with Gasteiger partial charge in [-0.05, 0) is 54.1 Å². The molecule has 6 rings (SSSR count). The van der Waals surface area contributed by atoms with Crippen LogP contribution in [-0.2, 0) is 17.8 Å². The standard InChI is InChI=1S/C34H26F4N4O4/c1-34(2)17-45-16-30(34)42-29-11-18(33(43)44)6-7-28(29)40-31(42)12-19-8-26(38)22(13-25(19)37)27-4-3-5-32(41-27)46-15-21-10-23(35)20(14-39)9-24(21)36/h3-11,13,30H,12,15-17H2,1-2H3,(H,43,44). The minimum atomic E-state index is -1.10. The third-order valence-corrected chi connectivity index (χ3v) is 8.09. The molecule has 12 heteroatoms. The molecule has 3 aromatic carbocycles. The van der Waals surface area contributed by atoms with Crippen LogP contribution >= 0.6 is 0 Å². The number of hydrogen-bond acceptors (Lipinski definition) is 6. The van der Waals surface area contributed by atoms with Crippen LogP contribution in [0.15, 0.2) is 60.7 Å². The first-order chi connectivity index (χ1) is 21.9. The van der Waals surface area contributed by atoms with Crippen LogP contribution in [-0.4, -0.2) is 38.8 Å². The Kier molecular flexibility index (Phi) is 7.96. The van der Waals surface area contributed by atoms with Crippen LogP contribution in [0.25, 0.3) is 22.3 Å². The summed E-state index contributed by atoms with van der Waals surface area (Å²) >= 11 is 0. The highest BCUT2D eigenvalue weighted by Crippen LogP contribution is 2.40. The molecule has 46 heavy (non-hydrogen) atoms. The number of halogens is 4. The number of carboxylic acid groups (broad SMARTS) is 1. The zero-order chi connectivity index (χ0) is 32.7. The summed E-state index contributed by atoms with van der Waals surface area (Å²) in [5, 5.41) is 18.4. The van der Waals surface area contributed by atoms with Gasteiger partial charge in [-0.1, -0.05) is 19.9 Å². The maximum atomic E-state index is 15.6. The molecular weight excluding hydrogens is 604 g/mol. The molecule has 0 amide bonds. The van der Waals surface area contributed by atoms with Crippen molar-refractivity contribution in [2.24, 2.45) is 5.41 Å². The molecule has 8 nitrogen and oxygen atoms in total. The van der Waals surface area contributed by atoms with E-state index in [2.05, 4.69) is 9.97 Å². The number of carbonyl (C=O) groups is 1. The fraction of sp³-hybridized carbons (Fsp3) is 0.235. The quantitative estimate of drug-likeness (QED) is 0.184. The Morgan fingerprint density at radius 2 is 1.78 bits per heavy atom. The van der Waals surface area contributed by atoms with Gasteiger partial charge in [0.2, 0.25) is 5.88 Å². The molecule has 0 radical (unpaired) electrons. The van der Waals surface area contributed by atoms with Crippen molar-refractivity contribution >= 4 is 17.0 Å². The number of pyridine rings is 1. The molecular formula is C34H26F4N4O4. The van der Waals surface area contributed by atoms with Crippen LogP contribution in [0.2, 0.25) is 0 Å². The van der Waals surface area contributed by atoms with Crippen LogP contribution in [0.3, 0.4) is 0 Å². The first-order valence-electron chi connectivity index (χ1n) is 14.2. The van der Waals surface area contributed by atoms with E-state index in [0.717, 1.165) is 24.3 Å². The minimum absolute atomic E-state index is 0.0266. The normalized spacial score (nSPS) is 15.6. The van der Waals surface area contributed by atoms with E-state index in [4.69, 9.17) is 14.7 Å². The molecule has 0 saturated carbocycles. The lowest BCUT2D eigenvalue weighted by Crippen LogP contribution is -2.27. The average molecular weight is 631 g/mol. The summed E-state index contributed by atoms with van der Waals surface area (Å²) < 4.78 is 72.5. The Balaban J connectivity index is 1.30.